The van der Waals surface area contributed by atoms with Crippen LogP contribution in [0.1, 0.15) is 6.42 Å². The van der Waals surface area contributed by atoms with Crippen LogP contribution in [0.25, 0.3) is 0 Å². The summed E-state index contributed by atoms with van der Waals surface area (Å²) in [5.41, 5.74) is 0. The molecular weight excluding hydrogens is 335 g/mol. The number of carboxylic acid groups (broad SMARTS) is 1. The van der Waals surface area contributed by atoms with Crippen molar-refractivity contribution in [1.82, 2.24) is 14.9 Å². The average Bonchev–Trinajstić information content (AvgIpc) is 2.87. The SMILES string of the molecule is O=C(O)N1C[C@@H]2C[C@H]1CN2c1cc(I)ncn1. The largest absolute Gasteiger partial charge is 0.465 e. The van der Waals surface area contributed by atoms with Crippen molar-refractivity contribution in [3.63, 3.8) is 0 Å². The molecule has 0 aromatic carbocycles. The maximum absolute atomic E-state index is 11.0. The molecule has 0 unspecified atom stereocenters. The molecule has 0 radical (unpaired) electrons. The van der Waals surface area contributed by atoms with Gasteiger partial charge in [0.25, 0.3) is 0 Å². The normalized spacial score (nSPS) is 26.6. The van der Waals surface area contributed by atoms with E-state index in [0.717, 1.165) is 22.5 Å². The third-order valence-corrected chi connectivity index (χ3v) is 3.99. The Morgan fingerprint density at radius 1 is 1.41 bits per heavy atom. The van der Waals surface area contributed by atoms with Crippen LogP contribution in [0.15, 0.2) is 12.4 Å². The number of nitrogens with zero attached hydrogens (tertiary/aromatic N) is 4. The Hall–Kier alpha value is -1.12. The summed E-state index contributed by atoms with van der Waals surface area (Å²) in [7, 11) is 0. The molecule has 1 aromatic heterocycles. The van der Waals surface area contributed by atoms with Crippen LogP contribution < -0.4 is 4.90 Å². The summed E-state index contributed by atoms with van der Waals surface area (Å²) in [6, 6.07) is 2.32. The van der Waals surface area contributed by atoms with Crippen molar-refractivity contribution in [3.05, 3.63) is 16.1 Å². The fraction of sp³-hybridized carbons (Fsp3) is 0.500. The Balaban J connectivity index is 1.80. The average molecular weight is 346 g/mol. The number of hydrogen-bond donors (Lipinski definition) is 1. The summed E-state index contributed by atoms with van der Waals surface area (Å²) in [5.74, 6) is 0.905. The van der Waals surface area contributed by atoms with Crippen LogP contribution in [0.2, 0.25) is 0 Å². The van der Waals surface area contributed by atoms with E-state index in [4.69, 9.17) is 5.11 Å². The molecule has 0 aliphatic carbocycles. The molecular formula is C10H11IN4O2. The zero-order valence-electron chi connectivity index (χ0n) is 8.95. The molecule has 0 spiro atoms. The van der Waals surface area contributed by atoms with Crippen molar-refractivity contribution >= 4 is 34.5 Å². The Labute approximate surface area is 112 Å². The van der Waals surface area contributed by atoms with Gasteiger partial charge in [-0.1, -0.05) is 0 Å². The third kappa shape index (κ3) is 1.81. The van der Waals surface area contributed by atoms with Crippen LogP contribution in [0.3, 0.4) is 0 Å². The van der Waals surface area contributed by atoms with Gasteiger partial charge in [-0.15, -0.1) is 0 Å². The van der Waals surface area contributed by atoms with Gasteiger partial charge in [0.05, 0.1) is 12.1 Å². The fourth-order valence-corrected chi connectivity index (χ4v) is 3.07. The Morgan fingerprint density at radius 3 is 2.82 bits per heavy atom. The number of piperazine rings is 1. The molecule has 6 nitrogen and oxygen atoms in total. The molecule has 7 heteroatoms. The van der Waals surface area contributed by atoms with E-state index in [1.165, 1.54) is 4.90 Å². The predicted octanol–water partition coefficient (Wildman–Crippen LogP) is 1.02. The van der Waals surface area contributed by atoms with Crippen molar-refractivity contribution in [2.45, 2.75) is 18.5 Å². The highest BCUT2D eigenvalue weighted by molar-refractivity contribution is 14.1. The Kier molecular flexibility index (Phi) is 2.57. The van der Waals surface area contributed by atoms with Gasteiger partial charge in [-0.25, -0.2) is 14.8 Å². The van der Waals surface area contributed by atoms with Gasteiger partial charge in [-0.3, -0.25) is 0 Å². The van der Waals surface area contributed by atoms with Crippen LogP contribution >= 0.6 is 22.6 Å². The van der Waals surface area contributed by atoms with Crippen LogP contribution in [0.4, 0.5) is 10.6 Å². The standard InChI is InChI=1S/C10H11IN4O2/c11-8-2-9(13-5-12-8)14-3-7-1-6(14)4-15(7)10(16)17/h2,5-7H,1,3-4H2,(H,16,17)/t6-,7-/m0/s1. The molecule has 2 aliphatic heterocycles. The van der Waals surface area contributed by atoms with Gasteiger partial charge in [0.1, 0.15) is 15.8 Å². The number of halogens is 1. The molecule has 1 N–H and O–H groups in total. The smallest absolute Gasteiger partial charge is 0.407 e. The van der Waals surface area contributed by atoms with Crippen LogP contribution in [0, 0.1) is 3.70 Å². The number of anilines is 1. The number of hydrogen-bond acceptors (Lipinski definition) is 4. The van der Waals surface area contributed by atoms with E-state index >= 15 is 0 Å². The van der Waals surface area contributed by atoms with E-state index in [9.17, 15) is 4.79 Å². The fourth-order valence-electron chi connectivity index (χ4n) is 2.66. The van der Waals surface area contributed by atoms with Crippen LogP contribution in [-0.4, -0.2) is 51.2 Å². The number of fused-ring (bicyclic) bond motifs is 2. The van der Waals surface area contributed by atoms with Gasteiger partial charge in [0.15, 0.2) is 0 Å². The molecule has 17 heavy (non-hydrogen) atoms. The molecule has 2 bridgehead atoms. The van der Waals surface area contributed by atoms with Crippen molar-refractivity contribution in [2.24, 2.45) is 0 Å². The zero-order chi connectivity index (χ0) is 12.0. The van der Waals surface area contributed by atoms with Gasteiger partial charge in [0.2, 0.25) is 0 Å². The second-order valence-electron chi connectivity index (χ2n) is 4.33. The van der Waals surface area contributed by atoms with E-state index in [1.54, 1.807) is 6.33 Å². The molecule has 2 aliphatic rings. The minimum Gasteiger partial charge on any atom is -0.465 e. The molecule has 3 rings (SSSR count). The third-order valence-electron chi connectivity index (χ3n) is 3.40. The van der Waals surface area contributed by atoms with Crippen molar-refractivity contribution in [3.8, 4) is 0 Å². The van der Waals surface area contributed by atoms with Gasteiger partial charge < -0.3 is 14.9 Å². The lowest BCUT2D eigenvalue weighted by Crippen LogP contribution is -2.48. The molecule has 2 saturated heterocycles. The van der Waals surface area contributed by atoms with Crippen molar-refractivity contribution in [1.29, 1.82) is 0 Å². The maximum Gasteiger partial charge on any atom is 0.407 e. The molecule has 1 aromatic rings. The van der Waals surface area contributed by atoms with Gasteiger partial charge >= 0.3 is 6.09 Å². The predicted molar refractivity (Wildman–Crippen MR) is 69.0 cm³/mol. The molecule has 3 heterocycles. The first kappa shape index (κ1) is 11.0. The van der Waals surface area contributed by atoms with E-state index in [2.05, 4.69) is 37.5 Å². The van der Waals surface area contributed by atoms with E-state index < -0.39 is 6.09 Å². The summed E-state index contributed by atoms with van der Waals surface area (Å²) in [5, 5.41) is 9.02. The van der Waals surface area contributed by atoms with Gasteiger partial charge in [-0.2, -0.15) is 0 Å². The molecule has 2 atom stereocenters. The minimum atomic E-state index is -0.811. The van der Waals surface area contributed by atoms with Crippen LogP contribution in [-0.2, 0) is 0 Å². The highest BCUT2D eigenvalue weighted by Gasteiger charge is 2.45. The highest BCUT2D eigenvalue weighted by Crippen LogP contribution is 2.33. The zero-order valence-corrected chi connectivity index (χ0v) is 11.1. The monoisotopic (exact) mass is 346 g/mol. The number of rotatable bonds is 1. The van der Waals surface area contributed by atoms with Crippen molar-refractivity contribution in [2.75, 3.05) is 18.0 Å². The first-order valence-corrected chi connectivity index (χ1v) is 6.47. The second-order valence-corrected chi connectivity index (χ2v) is 5.43. The Morgan fingerprint density at radius 2 is 2.24 bits per heavy atom. The number of amides is 1. The highest BCUT2D eigenvalue weighted by atomic mass is 127. The van der Waals surface area contributed by atoms with Gasteiger partial charge in [-0.05, 0) is 29.0 Å². The molecule has 1 amide bonds. The summed E-state index contributed by atoms with van der Waals surface area (Å²) >= 11 is 2.15. The first-order chi connectivity index (χ1) is 8.15. The summed E-state index contributed by atoms with van der Waals surface area (Å²) in [6.45, 7) is 1.32. The minimum absolute atomic E-state index is 0.116. The summed E-state index contributed by atoms with van der Waals surface area (Å²) in [6.07, 6.45) is 1.65. The Bertz CT molecular complexity index is 469. The topological polar surface area (TPSA) is 69.6 Å². The maximum atomic E-state index is 11.0. The molecule has 0 saturated carbocycles. The second kappa shape index (κ2) is 3.97. The summed E-state index contributed by atoms with van der Waals surface area (Å²) in [4.78, 5) is 23.0. The lowest BCUT2D eigenvalue weighted by molar-refractivity contribution is 0.137. The number of carbonyl (C=O) groups is 1. The first-order valence-electron chi connectivity index (χ1n) is 5.39. The van der Waals surface area contributed by atoms with Crippen molar-refractivity contribution < 1.29 is 9.90 Å². The van der Waals surface area contributed by atoms with Gasteiger partial charge in [0, 0.05) is 19.2 Å². The van der Waals surface area contributed by atoms with E-state index in [0.29, 0.717) is 6.54 Å². The number of aromatic nitrogens is 2. The lowest BCUT2D eigenvalue weighted by atomic mass is 10.2. The van der Waals surface area contributed by atoms with E-state index in [-0.39, 0.29) is 12.1 Å². The quantitative estimate of drug-likeness (QED) is 0.608. The molecule has 90 valence electrons. The van der Waals surface area contributed by atoms with Crippen LogP contribution in [0.5, 0.6) is 0 Å². The summed E-state index contributed by atoms with van der Waals surface area (Å²) < 4.78 is 0.908. The number of likely N-dealkylation sites (tertiary alicyclic amines) is 1. The lowest BCUT2D eigenvalue weighted by Gasteiger charge is -2.33. The van der Waals surface area contributed by atoms with E-state index in [1.807, 2.05) is 6.07 Å². The molecule has 2 fully saturated rings.